The number of piperidine rings is 2. The van der Waals surface area contributed by atoms with Gasteiger partial charge in [0.2, 0.25) is 5.91 Å². The molecule has 4 rings (SSSR count). The summed E-state index contributed by atoms with van der Waals surface area (Å²) in [4.78, 5) is 16.8. The fourth-order valence-electron chi connectivity index (χ4n) is 4.24. The van der Waals surface area contributed by atoms with Crippen molar-refractivity contribution in [3.63, 3.8) is 0 Å². The molecule has 0 bridgehead atoms. The molecule has 0 aromatic heterocycles. The fraction of sp³-hybridized carbons (Fsp3) is 0.588. The number of nitrogens with zero attached hydrogens (tertiary/aromatic N) is 2. The summed E-state index contributed by atoms with van der Waals surface area (Å²) < 4.78 is 0. The third-order valence-electron chi connectivity index (χ3n) is 5.35. The third-order valence-corrected chi connectivity index (χ3v) is 5.35. The number of benzene rings is 1. The molecule has 1 saturated carbocycles. The van der Waals surface area contributed by atoms with Crippen LogP contribution in [0.15, 0.2) is 30.3 Å². The molecule has 1 aromatic carbocycles. The van der Waals surface area contributed by atoms with Gasteiger partial charge in [0.25, 0.3) is 0 Å². The largest absolute Gasteiger partial charge is 0.338 e. The second-order valence-corrected chi connectivity index (χ2v) is 6.78. The van der Waals surface area contributed by atoms with Crippen LogP contribution in [0.4, 0.5) is 0 Å². The highest BCUT2D eigenvalue weighted by molar-refractivity contribution is 5.83. The average molecular weight is 285 g/mol. The second-order valence-electron chi connectivity index (χ2n) is 6.78. The highest BCUT2D eigenvalue weighted by atomic mass is 16.2. The van der Waals surface area contributed by atoms with Gasteiger partial charge in [-0.3, -0.25) is 9.69 Å². The number of hydrogen-bond acceptors (Lipinski definition) is 3. The van der Waals surface area contributed by atoms with E-state index in [0.717, 1.165) is 39.0 Å². The van der Waals surface area contributed by atoms with Gasteiger partial charge in [-0.05, 0) is 30.2 Å². The van der Waals surface area contributed by atoms with E-state index in [2.05, 4.69) is 40.1 Å². The topological polar surface area (TPSA) is 49.6 Å². The highest BCUT2D eigenvalue weighted by Gasteiger charge is 2.59. The smallest absolute Gasteiger partial charge is 0.239 e. The highest BCUT2D eigenvalue weighted by Crippen LogP contribution is 2.49. The van der Waals surface area contributed by atoms with Crippen molar-refractivity contribution in [3.05, 3.63) is 35.9 Å². The van der Waals surface area contributed by atoms with Crippen LogP contribution in [0.2, 0.25) is 0 Å². The van der Waals surface area contributed by atoms with Crippen LogP contribution >= 0.6 is 0 Å². The van der Waals surface area contributed by atoms with Gasteiger partial charge in [0.15, 0.2) is 0 Å². The Balaban J connectivity index is 1.34. The summed E-state index contributed by atoms with van der Waals surface area (Å²) in [5.74, 6) is 1.56. The molecule has 1 amide bonds. The summed E-state index contributed by atoms with van der Waals surface area (Å²) in [6, 6.07) is 10.9. The molecule has 0 radical (unpaired) electrons. The van der Waals surface area contributed by atoms with Crippen LogP contribution in [0.3, 0.4) is 0 Å². The van der Waals surface area contributed by atoms with E-state index in [-0.39, 0.29) is 11.9 Å². The van der Waals surface area contributed by atoms with Crippen molar-refractivity contribution in [3.8, 4) is 0 Å². The molecule has 21 heavy (non-hydrogen) atoms. The minimum absolute atomic E-state index is 0.190. The summed E-state index contributed by atoms with van der Waals surface area (Å²) in [6.07, 6.45) is 1.92. The normalized spacial score (nSPS) is 35.9. The maximum Gasteiger partial charge on any atom is 0.239 e. The summed E-state index contributed by atoms with van der Waals surface area (Å²) in [5.41, 5.74) is 7.29. The first kappa shape index (κ1) is 13.3. The van der Waals surface area contributed by atoms with Crippen molar-refractivity contribution in [2.45, 2.75) is 31.5 Å². The van der Waals surface area contributed by atoms with Crippen LogP contribution in [0.5, 0.6) is 0 Å². The lowest BCUT2D eigenvalue weighted by Gasteiger charge is -2.33. The Morgan fingerprint density at radius 1 is 1.14 bits per heavy atom. The molecular formula is C17H23N3O. The third kappa shape index (κ3) is 2.36. The van der Waals surface area contributed by atoms with Gasteiger partial charge in [0, 0.05) is 32.2 Å². The number of carbonyl (C=O) groups is 1. The first-order valence-corrected chi connectivity index (χ1v) is 8.06. The number of hydrogen-bond donors (Lipinski definition) is 1. The number of carbonyl (C=O) groups excluding carboxylic acids is 1. The molecule has 2 saturated heterocycles. The summed E-state index contributed by atoms with van der Waals surface area (Å²) >= 11 is 0. The van der Waals surface area contributed by atoms with Crippen LogP contribution in [-0.4, -0.2) is 47.4 Å². The van der Waals surface area contributed by atoms with E-state index in [1.807, 2.05) is 0 Å². The molecule has 4 heteroatoms. The Bertz CT molecular complexity index is 520. The van der Waals surface area contributed by atoms with Gasteiger partial charge in [0.05, 0.1) is 6.04 Å². The summed E-state index contributed by atoms with van der Waals surface area (Å²) in [5, 5.41) is 0. The van der Waals surface area contributed by atoms with E-state index in [0.29, 0.717) is 17.9 Å². The zero-order valence-corrected chi connectivity index (χ0v) is 12.3. The average Bonchev–Trinajstić information content (AvgIpc) is 2.98. The Kier molecular flexibility index (Phi) is 3.23. The number of nitrogens with two attached hydrogens (primary N) is 1. The van der Waals surface area contributed by atoms with E-state index in [9.17, 15) is 4.79 Å². The van der Waals surface area contributed by atoms with Crippen molar-refractivity contribution < 1.29 is 4.79 Å². The predicted octanol–water partition coefficient (Wildman–Crippen LogP) is 1.07. The van der Waals surface area contributed by atoms with Crippen LogP contribution in [0.25, 0.3) is 0 Å². The van der Waals surface area contributed by atoms with Gasteiger partial charge in [-0.2, -0.15) is 0 Å². The van der Waals surface area contributed by atoms with Gasteiger partial charge >= 0.3 is 0 Å². The molecule has 1 aliphatic carbocycles. The molecule has 3 atom stereocenters. The van der Waals surface area contributed by atoms with E-state index in [1.54, 1.807) is 0 Å². The molecule has 2 aliphatic heterocycles. The molecule has 3 unspecified atom stereocenters. The monoisotopic (exact) mass is 285 g/mol. The molecule has 3 aliphatic rings. The van der Waals surface area contributed by atoms with Crippen molar-refractivity contribution in [2.75, 3.05) is 19.6 Å². The molecular weight excluding hydrogens is 262 g/mol. The summed E-state index contributed by atoms with van der Waals surface area (Å²) in [6.45, 7) is 4.21. The molecule has 1 aromatic rings. The van der Waals surface area contributed by atoms with Crippen molar-refractivity contribution in [1.82, 2.24) is 9.80 Å². The van der Waals surface area contributed by atoms with Crippen LogP contribution in [0, 0.1) is 11.8 Å². The van der Waals surface area contributed by atoms with Gasteiger partial charge < -0.3 is 10.6 Å². The molecule has 112 valence electrons. The number of fused-ring (bicyclic) bond motifs is 1. The zero-order chi connectivity index (χ0) is 14.4. The maximum atomic E-state index is 12.2. The first-order chi connectivity index (χ1) is 10.2. The lowest BCUT2D eigenvalue weighted by atomic mass is 10.1. The van der Waals surface area contributed by atoms with Crippen molar-refractivity contribution in [2.24, 2.45) is 17.6 Å². The molecule has 2 N–H and O–H groups in total. The van der Waals surface area contributed by atoms with Crippen molar-refractivity contribution in [1.29, 1.82) is 0 Å². The number of likely N-dealkylation sites (tertiary alicyclic amines) is 2. The van der Waals surface area contributed by atoms with Crippen LogP contribution < -0.4 is 5.73 Å². The van der Waals surface area contributed by atoms with Crippen molar-refractivity contribution >= 4 is 5.91 Å². The minimum atomic E-state index is -0.250. The predicted molar refractivity (Wildman–Crippen MR) is 81.4 cm³/mol. The Hall–Kier alpha value is -1.39. The minimum Gasteiger partial charge on any atom is -0.338 e. The lowest BCUT2D eigenvalue weighted by molar-refractivity contribution is -0.136. The van der Waals surface area contributed by atoms with Gasteiger partial charge in [-0.1, -0.05) is 30.3 Å². The van der Waals surface area contributed by atoms with E-state index in [1.165, 1.54) is 5.56 Å². The fourth-order valence-corrected chi connectivity index (χ4v) is 4.24. The quantitative estimate of drug-likeness (QED) is 0.903. The second kappa shape index (κ2) is 5.11. The van der Waals surface area contributed by atoms with E-state index >= 15 is 0 Å². The number of amides is 1. The SMILES string of the molecule is NC1CCCN(C2C3CN(Cc4ccccc4)CC32)C1=O. The number of rotatable bonds is 3. The summed E-state index contributed by atoms with van der Waals surface area (Å²) in [7, 11) is 0. The standard InChI is InChI=1S/C17H23N3O/c18-15-7-4-8-20(17(15)21)16-13-10-19(11-14(13)16)9-12-5-2-1-3-6-12/h1-3,5-6,13-16H,4,7-11,18H2. The van der Waals surface area contributed by atoms with Crippen LogP contribution in [-0.2, 0) is 11.3 Å². The molecule has 2 heterocycles. The zero-order valence-electron chi connectivity index (χ0n) is 12.3. The molecule has 3 fully saturated rings. The lowest BCUT2D eigenvalue weighted by Crippen LogP contribution is -2.51. The first-order valence-electron chi connectivity index (χ1n) is 8.06. The van der Waals surface area contributed by atoms with Gasteiger partial charge in [-0.15, -0.1) is 0 Å². The Labute approximate surface area is 125 Å². The Morgan fingerprint density at radius 2 is 1.86 bits per heavy atom. The van der Waals surface area contributed by atoms with Gasteiger partial charge in [-0.25, -0.2) is 0 Å². The van der Waals surface area contributed by atoms with Gasteiger partial charge in [0.1, 0.15) is 0 Å². The van der Waals surface area contributed by atoms with Crippen LogP contribution in [0.1, 0.15) is 18.4 Å². The van der Waals surface area contributed by atoms with E-state index in [4.69, 9.17) is 5.73 Å². The molecule has 4 nitrogen and oxygen atoms in total. The van der Waals surface area contributed by atoms with E-state index < -0.39 is 0 Å². The molecule has 0 spiro atoms. The maximum absolute atomic E-state index is 12.2. The Morgan fingerprint density at radius 3 is 2.57 bits per heavy atom.